The van der Waals surface area contributed by atoms with Crippen LogP contribution in [0.1, 0.15) is 46.2 Å². The number of likely N-dealkylation sites (tertiary alicyclic amines) is 1. The number of hydrogen-bond acceptors (Lipinski definition) is 4. The van der Waals surface area contributed by atoms with Crippen LogP contribution in [-0.4, -0.2) is 44.6 Å². The molecular weight excluding hydrogens is 409 g/mol. The van der Waals surface area contributed by atoms with Crippen molar-refractivity contribution >= 4 is 17.5 Å². The Labute approximate surface area is 186 Å². The molecule has 1 fully saturated rings. The number of rotatable bonds is 5. The number of carbonyl (C=O) groups is 2. The molecule has 166 valence electrons. The van der Waals surface area contributed by atoms with Gasteiger partial charge in [-0.05, 0) is 69.2 Å². The number of benzene rings is 1. The van der Waals surface area contributed by atoms with E-state index in [4.69, 9.17) is 0 Å². The number of aryl methyl sites for hydroxylation is 2. The van der Waals surface area contributed by atoms with Crippen LogP contribution in [-0.2, 0) is 11.3 Å². The zero-order valence-electron chi connectivity index (χ0n) is 18.2. The Hall–Kier alpha value is -3.55. The second-order valence-electron chi connectivity index (χ2n) is 8.20. The number of carbonyl (C=O) groups excluding carboxylic acids is 2. The second-order valence-corrected chi connectivity index (χ2v) is 8.20. The maximum Gasteiger partial charge on any atom is 0.257 e. The highest BCUT2D eigenvalue weighted by Gasteiger charge is 2.26. The SMILES string of the molecule is Cc1cc(C)n(CC(=O)N2CCC[C@@H](c3ccc(C(=O)Nc4ccc(F)cc4)cn3)C2)n1. The highest BCUT2D eigenvalue weighted by molar-refractivity contribution is 6.04. The molecule has 1 aliphatic heterocycles. The van der Waals surface area contributed by atoms with Crippen LogP contribution in [0.25, 0.3) is 0 Å². The van der Waals surface area contributed by atoms with Crippen LogP contribution >= 0.6 is 0 Å². The lowest BCUT2D eigenvalue weighted by Crippen LogP contribution is -2.41. The third-order valence-electron chi connectivity index (χ3n) is 5.73. The molecule has 4 rings (SSSR count). The highest BCUT2D eigenvalue weighted by atomic mass is 19.1. The number of nitrogens with zero attached hydrogens (tertiary/aromatic N) is 4. The zero-order chi connectivity index (χ0) is 22.7. The van der Waals surface area contributed by atoms with Crippen molar-refractivity contribution in [3.8, 4) is 0 Å². The summed E-state index contributed by atoms with van der Waals surface area (Å²) in [5, 5.41) is 7.11. The first-order valence-corrected chi connectivity index (χ1v) is 10.7. The van der Waals surface area contributed by atoms with Crippen molar-refractivity contribution in [3.05, 3.63) is 77.1 Å². The van der Waals surface area contributed by atoms with Gasteiger partial charge >= 0.3 is 0 Å². The predicted molar refractivity (Wildman–Crippen MR) is 119 cm³/mol. The van der Waals surface area contributed by atoms with Crippen molar-refractivity contribution in [3.63, 3.8) is 0 Å². The highest BCUT2D eigenvalue weighted by Crippen LogP contribution is 2.26. The molecule has 32 heavy (non-hydrogen) atoms. The molecule has 1 aromatic carbocycles. The largest absolute Gasteiger partial charge is 0.340 e. The van der Waals surface area contributed by atoms with Crippen LogP contribution in [0.4, 0.5) is 10.1 Å². The van der Waals surface area contributed by atoms with Gasteiger partial charge in [0.15, 0.2) is 0 Å². The second kappa shape index (κ2) is 9.30. The number of halogens is 1. The van der Waals surface area contributed by atoms with E-state index in [-0.39, 0.29) is 30.1 Å². The summed E-state index contributed by atoms with van der Waals surface area (Å²) in [6.07, 6.45) is 3.39. The van der Waals surface area contributed by atoms with E-state index in [9.17, 15) is 14.0 Å². The van der Waals surface area contributed by atoms with E-state index in [2.05, 4.69) is 15.4 Å². The van der Waals surface area contributed by atoms with E-state index in [1.165, 1.54) is 24.3 Å². The van der Waals surface area contributed by atoms with E-state index < -0.39 is 0 Å². The topological polar surface area (TPSA) is 80.1 Å². The van der Waals surface area contributed by atoms with Gasteiger partial charge in [-0.3, -0.25) is 19.3 Å². The summed E-state index contributed by atoms with van der Waals surface area (Å²) in [4.78, 5) is 31.6. The third kappa shape index (κ3) is 5.01. The first-order valence-electron chi connectivity index (χ1n) is 10.7. The third-order valence-corrected chi connectivity index (χ3v) is 5.73. The smallest absolute Gasteiger partial charge is 0.257 e. The van der Waals surface area contributed by atoms with E-state index >= 15 is 0 Å². The number of piperidine rings is 1. The van der Waals surface area contributed by atoms with Gasteiger partial charge in [0.05, 0.1) is 11.3 Å². The lowest BCUT2D eigenvalue weighted by atomic mass is 9.94. The van der Waals surface area contributed by atoms with E-state index in [1.807, 2.05) is 30.9 Å². The number of nitrogens with one attached hydrogen (secondary N) is 1. The molecule has 0 radical (unpaired) electrons. The molecule has 8 heteroatoms. The molecule has 1 atom stereocenters. The monoisotopic (exact) mass is 435 g/mol. The van der Waals surface area contributed by atoms with Crippen molar-refractivity contribution in [1.29, 1.82) is 0 Å². The van der Waals surface area contributed by atoms with Gasteiger partial charge < -0.3 is 10.2 Å². The van der Waals surface area contributed by atoms with E-state index in [0.717, 1.165) is 36.5 Å². The average Bonchev–Trinajstić information content (AvgIpc) is 3.12. The Morgan fingerprint density at radius 2 is 1.94 bits per heavy atom. The number of aromatic nitrogens is 3. The van der Waals surface area contributed by atoms with Gasteiger partial charge in [0.2, 0.25) is 5.91 Å². The van der Waals surface area contributed by atoms with Gasteiger partial charge in [-0.15, -0.1) is 0 Å². The van der Waals surface area contributed by atoms with E-state index in [0.29, 0.717) is 17.8 Å². The fourth-order valence-corrected chi connectivity index (χ4v) is 4.03. The molecule has 1 N–H and O–H groups in total. The molecule has 0 aliphatic carbocycles. The molecule has 2 aromatic heterocycles. The quantitative estimate of drug-likeness (QED) is 0.663. The summed E-state index contributed by atoms with van der Waals surface area (Å²) in [5.74, 6) is -0.483. The molecule has 3 aromatic rings. The lowest BCUT2D eigenvalue weighted by molar-refractivity contribution is -0.133. The maximum atomic E-state index is 13.0. The molecular formula is C24H26FN5O2. The molecule has 2 amide bonds. The predicted octanol–water partition coefficient (Wildman–Crippen LogP) is 3.69. The Morgan fingerprint density at radius 3 is 2.59 bits per heavy atom. The first kappa shape index (κ1) is 21.7. The minimum atomic E-state index is -0.358. The van der Waals surface area contributed by atoms with Crippen LogP contribution < -0.4 is 5.32 Å². The average molecular weight is 436 g/mol. The summed E-state index contributed by atoms with van der Waals surface area (Å²) >= 11 is 0. The van der Waals surface area contributed by atoms with Crippen LogP contribution in [0.3, 0.4) is 0 Å². The number of anilines is 1. The van der Waals surface area contributed by atoms with Crippen molar-refractivity contribution in [2.24, 2.45) is 0 Å². The van der Waals surface area contributed by atoms with Crippen molar-refractivity contribution in [2.45, 2.75) is 39.2 Å². The summed E-state index contributed by atoms with van der Waals surface area (Å²) < 4.78 is 14.8. The summed E-state index contributed by atoms with van der Waals surface area (Å²) in [7, 11) is 0. The minimum Gasteiger partial charge on any atom is -0.340 e. The Morgan fingerprint density at radius 1 is 1.16 bits per heavy atom. The normalized spacial score (nSPS) is 16.1. The number of hydrogen-bond donors (Lipinski definition) is 1. The maximum absolute atomic E-state index is 13.0. The van der Waals surface area contributed by atoms with Gasteiger partial charge in [0.25, 0.3) is 5.91 Å². The number of pyridine rings is 1. The Kier molecular flexibility index (Phi) is 6.30. The fraction of sp³-hybridized carbons (Fsp3) is 0.333. The molecule has 1 saturated heterocycles. The molecule has 0 bridgehead atoms. The van der Waals surface area contributed by atoms with Crippen molar-refractivity contribution < 1.29 is 14.0 Å². The summed E-state index contributed by atoms with van der Waals surface area (Å²) in [5.41, 5.74) is 3.68. The van der Waals surface area contributed by atoms with Gasteiger partial charge in [-0.25, -0.2) is 4.39 Å². The van der Waals surface area contributed by atoms with E-state index in [1.54, 1.807) is 16.9 Å². The Balaban J connectivity index is 1.37. The van der Waals surface area contributed by atoms with Crippen LogP contribution in [0, 0.1) is 19.7 Å². The Bertz CT molecular complexity index is 1110. The number of amides is 2. The zero-order valence-corrected chi connectivity index (χ0v) is 18.2. The van der Waals surface area contributed by atoms with Crippen LogP contribution in [0.5, 0.6) is 0 Å². The molecule has 0 unspecified atom stereocenters. The lowest BCUT2D eigenvalue weighted by Gasteiger charge is -2.32. The molecule has 3 heterocycles. The molecule has 7 nitrogen and oxygen atoms in total. The van der Waals surface area contributed by atoms with Gasteiger partial charge in [-0.2, -0.15) is 5.10 Å². The van der Waals surface area contributed by atoms with Crippen molar-refractivity contribution in [2.75, 3.05) is 18.4 Å². The summed E-state index contributed by atoms with van der Waals surface area (Å²) in [6, 6.07) is 11.1. The van der Waals surface area contributed by atoms with Crippen LogP contribution in [0.2, 0.25) is 0 Å². The standard InChI is InChI=1S/C24H26FN5O2/c1-16-12-17(2)30(28-16)15-23(31)29-11-3-4-19(14-29)22-10-5-18(13-26-22)24(32)27-21-8-6-20(25)7-9-21/h5-10,12-13,19H,3-4,11,14-15H2,1-2H3,(H,27,32)/t19-/m1/s1. The van der Waals surface area contributed by atoms with Gasteiger partial charge in [0.1, 0.15) is 12.4 Å². The summed E-state index contributed by atoms with van der Waals surface area (Å²) in [6.45, 7) is 5.44. The minimum absolute atomic E-state index is 0.0520. The first-order chi connectivity index (χ1) is 15.4. The molecule has 1 aliphatic rings. The fourth-order valence-electron chi connectivity index (χ4n) is 4.03. The van der Waals surface area contributed by atoms with Crippen LogP contribution in [0.15, 0.2) is 48.7 Å². The molecule has 0 saturated carbocycles. The molecule has 0 spiro atoms. The van der Waals surface area contributed by atoms with Gasteiger partial charge in [0, 0.05) is 42.3 Å². The van der Waals surface area contributed by atoms with Gasteiger partial charge in [-0.1, -0.05) is 0 Å². The van der Waals surface area contributed by atoms with Crippen molar-refractivity contribution in [1.82, 2.24) is 19.7 Å².